The lowest BCUT2D eigenvalue weighted by Crippen LogP contribution is -2.20. The zero-order valence-electron chi connectivity index (χ0n) is 7.83. The molecule has 0 amide bonds. The van der Waals surface area contributed by atoms with Gasteiger partial charge in [-0.15, -0.1) is 0 Å². The number of nitrogens with zero attached hydrogens (tertiary/aromatic N) is 2. The van der Waals surface area contributed by atoms with E-state index in [0.29, 0.717) is 11.8 Å². The summed E-state index contributed by atoms with van der Waals surface area (Å²) in [6.07, 6.45) is 0. The number of esters is 1. The third kappa shape index (κ3) is 2.39. The van der Waals surface area contributed by atoms with E-state index in [9.17, 15) is 4.79 Å². The predicted molar refractivity (Wildman–Crippen MR) is 53.6 cm³/mol. The zero-order chi connectivity index (χ0) is 10.7. The van der Waals surface area contributed by atoms with E-state index in [1.165, 1.54) is 10.7 Å². The minimum absolute atomic E-state index is 0.256. The molecule has 6 heteroatoms. The maximum atomic E-state index is 11.3. The molecule has 14 heavy (non-hydrogen) atoms. The number of halogens is 2. The van der Waals surface area contributed by atoms with E-state index in [2.05, 4.69) is 5.10 Å². The molecule has 4 nitrogen and oxygen atoms in total. The Kier molecular flexibility index (Phi) is 3.77. The molecule has 1 rings (SSSR count). The molecule has 78 valence electrons. The summed E-state index contributed by atoms with van der Waals surface area (Å²) in [7, 11) is 0. The summed E-state index contributed by atoms with van der Waals surface area (Å²) >= 11 is 11.4. The summed E-state index contributed by atoms with van der Waals surface area (Å²) in [5, 5.41) is 4.43. The summed E-state index contributed by atoms with van der Waals surface area (Å²) in [5.74, 6) is -0.380. The Bertz CT molecular complexity index is 338. The molecule has 1 heterocycles. The SMILES string of the molecule is CCOC(=O)C(C)n1nc(Cl)cc1Cl. The second-order valence-electron chi connectivity index (χ2n) is 2.66. The highest BCUT2D eigenvalue weighted by atomic mass is 35.5. The smallest absolute Gasteiger partial charge is 0.330 e. The molecule has 0 radical (unpaired) electrons. The van der Waals surface area contributed by atoms with E-state index >= 15 is 0 Å². The van der Waals surface area contributed by atoms with Crippen molar-refractivity contribution in [2.45, 2.75) is 19.9 Å². The number of ether oxygens (including phenoxy) is 1. The Hall–Kier alpha value is -0.740. The normalized spacial score (nSPS) is 12.6. The van der Waals surface area contributed by atoms with Gasteiger partial charge in [-0.1, -0.05) is 23.2 Å². The van der Waals surface area contributed by atoms with Crippen molar-refractivity contribution in [2.24, 2.45) is 0 Å². The Balaban J connectivity index is 2.83. The molecule has 0 aliphatic rings. The van der Waals surface area contributed by atoms with Crippen molar-refractivity contribution in [1.82, 2.24) is 9.78 Å². The lowest BCUT2D eigenvalue weighted by atomic mass is 10.3. The number of rotatable bonds is 3. The maximum absolute atomic E-state index is 11.3. The second kappa shape index (κ2) is 4.66. The molecule has 0 aliphatic heterocycles. The summed E-state index contributed by atoms with van der Waals surface area (Å²) < 4.78 is 6.14. The van der Waals surface area contributed by atoms with Crippen LogP contribution in [-0.4, -0.2) is 22.4 Å². The van der Waals surface area contributed by atoms with Crippen molar-refractivity contribution >= 4 is 29.2 Å². The van der Waals surface area contributed by atoms with E-state index < -0.39 is 6.04 Å². The van der Waals surface area contributed by atoms with Crippen LogP contribution in [0.5, 0.6) is 0 Å². The van der Waals surface area contributed by atoms with Crippen molar-refractivity contribution in [2.75, 3.05) is 6.61 Å². The molecule has 0 bridgehead atoms. The third-order valence-corrected chi connectivity index (χ3v) is 2.12. The number of carbonyl (C=O) groups excluding carboxylic acids is 1. The van der Waals surface area contributed by atoms with Crippen LogP contribution >= 0.6 is 23.2 Å². The molecular weight excluding hydrogens is 227 g/mol. The summed E-state index contributed by atoms with van der Waals surface area (Å²) in [6, 6.07) is 0.911. The Morgan fingerprint density at radius 3 is 2.79 bits per heavy atom. The van der Waals surface area contributed by atoms with Gasteiger partial charge in [-0.3, -0.25) is 0 Å². The quantitative estimate of drug-likeness (QED) is 0.757. The summed E-state index contributed by atoms with van der Waals surface area (Å²) in [6.45, 7) is 3.71. The van der Waals surface area contributed by atoms with Gasteiger partial charge in [-0.25, -0.2) is 9.48 Å². The molecule has 0 N–H and O–H groups in total. The minimum atomic E-state index is -0.560. The molecule has 0 saturated heterocycles. The fraction of sp³-hybridized carbons (Fsp3) is 0.500. The second-order valence-corrected chi connectivity index (χ2v) is 3.44. The molecule has 1 unspecified atom stereocenters. The zero-order valence-corrected chi connectivity index (χ0v) is 9.34. The van der Waals surface area contributed by atoms with Crippen LogP contribution < -0.4 is 0 Å². The summed E-state index contributed by atoms with van der Waals surface area (Å²) in [5.41, 5.74) is 0. The molecule has 1 aromatic rings. The highest BCUT2D eigenvalue weighted by molar-refractivity contribution is 6.33. The van der Waals surface area contributed by atoms with Gasteiger partial charge in [0.05, 0.1) is 6.61 Å². The van der Waals surface area contributed by atoms with Crippen molar-refractivity contribution in [1.29, 1.82) is 0 Å². The van der Waals surface area contributed by atoms with E-state index in [0.717, 1.165) is 0 Å². The largest absolute Gasteiger partial charge is 0.464 e. The molecule has 0 spiro atoms. The van der Waals surface area contributed by atoms with Gasteiger partial charge in [0.15, 0.2) is 5.15 Å². The first-order valence-corrected chi connectivity index (χ1v) is 4.89. The molecule has 0 saturated carbocycles. The molecule has 0 aliphatic carbocycles. The van der Waals surface area contributed by atoms with Gasteiger partial charge in [0.2, 0.25) is 0 Å². The third-order valence-electron chi connectivity index (χ3n) is 1.65. The van der Waals surface area contributed by atoms with Gasteiger partial charge < -0.3 is 4.74 Å². The number of hydrogen-bond donors (Lipinski definition) is 0. The van der Waals surface area contributed by atoms with Gasteiger partial charge in [0.25, 0.3) is 0 Å². The Morgan fingerprint density at radius 1 is 1.71 bits per heavy atom. The van der Waals surface area contributed by atoms with Gasteiger partial charge in [-0.2, -0.15) is 5.10 Å². The van der Waals surface area contributed by atoms with Crippen LogP contribution in [0.3, 0.4) is 0 Å². The first-order valence-electron chi connectivity index (χ1n) is 4.13. The fourth-order valence-electron chi connectivity index (χ4n) is 0.978. The highest BCUT2D eigenvalue weighted by Crippen LogP contribution is 2.20. The van der Waals surface area contributed by atoms with Crippen LogP contribution in [0.2, 0.25) is 10.3 Å². The topological polar surface area (TPSA) is 44.1 Å². The Morgan fingerprint density at radius 2 is 2.36 bits per heavy atom. The lowest BCUT2D eigenvalue weighted by molar-refractivity contribution is -0.146. The maximum Gasteiger partial charge on any atom is 0.330 e. The highest BCUT2D eigenvalue weighted by Gasteiger charge is 2.19. The average molecular weight is 237 g/mol. The lowest BCUT2D eigenvalue weighted by Gasteiger charge is -2.11. The predicted octanol–water partition coefficient (Wildman–Crippen LogP) is 2.31. The number of aromatic nitrogens is 2. The standard InChI is InChI=1S/C8H10Cl2N2O2/c1-3-14-8(13)5(2)12-7(10)4-6(9)11-12/h4-5H,3H2,1-2H3. The van der Waals surface area contributed by atoms with E-state index in [1.807, 2.05) is 0 Å². The van der Waals surface area contributed by atoms with Crippen molar-refractivity contribution in [3.8, 4) is 0 Å². The molecule has 1 atom stereocenters. The van der Waals surface area contributed by atoms with Gasteiger partial charge >= 0.3 is 5.97 Å². The molecular formula is C8H10Cl2N2O2. The first-order chi connectivity index (χ1) is 6.56. The van der Waals surface area contributed by atoms with Crippen LogP contribution in [0.1, 0.15) is 19.9 Å². The monoisotopic (exact) mass is 236 g/mol. The van der Waals surface area contributed by atoms with Gasteiger partial charge in [-0.05, 0) is 13.8 Å². The van der Waals surface area contributed by atoms with E-state index in [4.69, 9.17) is 27.9 Å². The van der Waals surface area contributed by atoms with Crippen LogP contribution in [0.4, 0.5) is 0 Å². The van der Waals surface area contributed by atoms with Crippen molar-refractivity contribution in [3.05, 3.63) is 16.4 Å². The van der Waals surface area contributed by atoms with E-state index in [1.54, 1.807) is 13.8 Å². The fourth-order valence-corrected chi connectivity index (χ4v) is 1.51. The molecule has 1 aromatic heterocycles. The molecule has 0 fully saturated rings. The molecule has 0 aromatic carbocycles. The van der Waals surface area contributed by atoms with Gasteiger partial charge in [0, 0.05) is 6.07 Å². The first kappa shape index (κ1) is 11.3. The minimum Gasteiger partial charge on any atom is -0.464 e. The number of carbonyl (C=O) groups is 1. The van der Waals surface area contributed by atoms with Crippen LogP contribution in [-0.2, 0) is 9.53 Å². The number of hydrogen-bond acceptors (Lipinski definition) is 3. The average Bonchev–Trinajstić information content (AvgIpc) is 2.44. The van der Waals surface area contributed by atoms with Crippen LogP contribution in [0.15, 0.2) is 6.07 Å². The van der Waals surface area contributed by atoms with Crippen molar-refractivity contribution in [3.63, 3.8) is 0 Å². The van der Waals surface area contributed by atoms with Crippen LogP contribution in [0, 0.1) is 0 Å². The van der Waals surface area contributed by atoms with Crippen LogP contribution in [0.25, 0.3) is 0 Å². The van der Waals surface area contributed by atoms with Gasteiger partial charge in [0.1, 0.15) is 11.2 Å². The summed E-state index contributed by atoms with van der Waals surface area (Å²) in [4.78, 5) is 11.3. The van der Waals surface area contributed by atoms with E-state index in [-0.39, 0.29) is 11.1 Å². The van der Waals surface area contributed by atoms with Crippen molar-refractivity contribution < 1.29 is 9.53 Å². The Labute approximate surface area is 91.7 Å².